The summed E-state index contributed by atoms with van der Waals surface area (Å²) in [5.41, 5.74) is 0.505. The van der Waals surface area contributed by atoms with Crippen LogP contribution in [0, 0.1) is 28.1 Å². The van der Waals surface area contributed by atoms with Gasteiger partial charge in [0, 0.05) is 42.2 Å². The highest BCUT2D eigenvalue weighted by Crippen LogP contribution is 2.47. The van der Waals surface area contributed by atoms with Crippen LogP contribution in [0.1, 0.15) is 112 Å². The highest BCUT2D eigenvalue weighted by molar-refractivity contribution is 8.47. The van der Waals surface area contributed by atoms with Gasteiger partial charge < -0.3 is 30.1 Å². The van der Waals surface area contributed by atoms with Gasteiger partial charge in [-0.3, -0.25) is 19.3 Å². The Labute approximate surface area is 405 Å². The largest absolute Gasteiger partial charge is 0.464 e. The Bertz CT molecular complexity index is 2050. The number of halogens is 1. The van der Waals surface area contributed by atoms with E-state index in [4.69, 9.17) is 33.3 Å². The predicted octanol–water partition coefficient (Wildman–Crippen LogP) is 8.17. The lowest BCUT2D eigenvalue weighted by Gasteiger charge is -2.40. The number of carbonyl (C=O) groups is 3. The molecule has 3 N–H and O–H groups in total. The molecule has 18 heteroatoms. The molecule has 0 spiro atoms. The second-order valence-electron chi connectivity index (χ2n) is 17.9. The number of amides is 2. The highest BCUT2D eigenvalue weighted by atomic mass is 35.5. The fourth-order valence-corrected chi connectivity index (χ4v) is 11.2. The third-order valence-electron chi connectivity index (χ3n) is 11.5. The van der Waals surface area contributed by atoms with Crippen LogP contribution in [0.25, 0.3) is 10.9 Å². The Hall–Kier alpha value is -3.37. The van der Waals surface area contributed by atoms with Gasteiger partial charge >= 0.3 is 5.97 Å². The molecule has 0 aliphatic heterocycles. The molecular weight excluding hydrogens is 904 g/mol. The van der Waals surface area contributed by atoms with E-state index in [2.05, 4.69) is 69.8 Å². The normalized spacial score (nSPS) is 15.8. The first-order chi connectivity index (χ1) is 30.8. The first-order valence-electron chi connectivity index (χ1n) is 22.6. The van der Waals surface area contributed by atoms with E-state index >= 15 is 0 Å². The molecule has 3 rings (SSSR count). The number of thioether (sulfide) groups is 2. The summed E-state index contributed by atoms with van der Waals surface area (Å²) in [4.78, 5) is 47.6. The minimum atomic E-state index is -1.26. The molecule has 65 heavy (non-hydrogen) atoms. The number of thiocarbonyl (C=S) groups is 1. The number of fused-ring (bicyclic) bond motifs is 1. The van der Waals surface area contributed by atoms with Gasteiger partial charge in [0.1, 0.15) is 9.22 Å². The Kier molecular flexibility index (Phi) is 23.6. The quantitative estimate of drug-likeness (QED) is 0.0344. The van der Waals surface area contributed by atoms with E-state index in [-0.39, 0.29) is 38.4 Å². The molecule has 0 aliphatic carbocycles. The number of esters is 1. The Morgan fingerprint density at radius 2 is 1.83 bits per heavy atom. The van der Waals surface area contributed by atoms with Gasteiger partial charge in [0.2, 0.25) is 11.8 Å². The molecule has 2 aromatic heterocycles. The van der Waals surface area contributed by atoms with Crippen molar-refractivity contribution in [3.63, 3.8) is 0 Å². The van der Waals surface area contributed by atoms with Gasteiger partial charge in [-0.2, -0.15) is 5.26 Å². The van der Waals surface area contributed by atoms with E-state index in [1.807, 2.05) is 24.5 Å². The third-order valence-corrected chi connectivity index (χ3v) is 14.8. The van der Waals surface area contributed by atoms with Crippen LogP contribution in [0.5, 0.6) is 0 Å². The maximum Gasteiger partial charge on any atom is 0.334 e. The fourth-order valence-electron chi connectivity index (χ4n) is 7.93. The Balaban J connectivity index is 1.67. The summed E-state index contributed by atoms with van der Waals surface area (Å²) in [7, 11) is 1.42. The number of nitrogens with zero attached hydrogens (tertiary/aromatic N) is 6. The topological polar surface area (TPSA) is 185 Å². The lowest BCUT2D eigenvalue weighted by molar-refractivity contribution is -0.154. The van der Waals surface area contributed by atoms with Gasteiger partial charge in [-0.05, 0) is 128 Å². The number of pyridine rings is 1. The van der Waals surface area contributed by atoms with Crippen LogP contribution in [0.3, 0.4) is 0 Å². The van der Waals surface area contributed by atoms with E-state index in [0.29, 0.717) is 39.5 Å². The lowest BCUT2D eigenvalue weighted by Crippen LogP contribution is -2.51. The molecule has 2 amide bonds. The molecule has 0 radical (unpaired) electrons. The van der Waals surface area contributed by atoms with Crippen molar-refractivity contribution in [2.45, 2.75) is 137 Å². The molecule has 0 saturated heterocycles. The number of carbonyl (C=O) groups excluding carboxylic acids is 3. The fraction of sp³-hybridized carbons (Fsp3) is 0.660. The molecule has 6 atom stereocenters. The van der Waals surface area contributed by atoms with Crippen molar-refractivity contribution in [3.8, 4) is 6.07 Å². The summed E-state index contributed by atoms with van der Waals surface area (Å²) in [5.74, 6) is 0.0507. The number of rotatable bonds is 29. The van der Waals surface area contributed by atoms with Crippen molar-refractivity contribution < 1.29 is 29.0 Å². The average molecular weight is 976 g/mol. The molecule has 3 aromatic rings. The lowest BCUT2D eigenvalue weighted by atomic mass is 9.67. The van der Waals surface area contributed by atoms with Crippen molar-refractivity contribution in [2.75, 3.05) is 45.6 Å². The number of hydrogen-bond donors (Lipinski definition) is 3. The number of nitriles is 1. The monoisotopic (exact) mass is 974 g/mol. The molecule has 0 bridgehead atoms. The van der Waals surface area contributed by atoms with Crippen molar-refractivity contribution >= 4 is 79.6 Å². The van der Waals surface area contributed by atoms with E-state index in [1.54, 1.807) is 39.3 Å². The molecular formula is C47H71ClN8O6S3. The zero-order valence-corrected chi connectivity index (χ0v) is 43.0. The predicted molar refractivity (Wildman–Crippen MR) is 267 cm³/mol. The average Bonchev–Trinajstić information content (AvgIpc) is 3.73. The molecule has 0 aliphatic rings. The number of hydrogen-bond acceptors (Lipinski definition) is 14. The van der Waals surface area contributed by atoms with E-state index in [0.717, 1.165) is 62.0 Å². The van der Waals surface area contributed by atoms with Gasteiger partial charge in [-0.15, -0.1) is 16.9 Å². The van der Waals surface area contributed by atoms with Crippen molar-refractivity contribution in [3.05, 3.63) is 52.9 Å². The van der Waals surface area contributed by atoms with Crippen molar-refractivity contribution in [1.29, 1.82) is 5.26 Å². The number of nitrogens with one attached hydrogen (secondary N) is 2. The molecule has 1 aromatic carbocycles. The minimum absolute atomic E-state index is 0.00149. The van der Waals surface area contributed by atoms with E-state index < -0.39 is 39.7 Å². The van der Waals surface area contributed by atoms with Crippen LogP contribution in [0.2, 0.25) is 5.02 Å². The van der Waals surface area contributed by atoms with Gasteiger partial charge in [-0.25, -0.2) is 4.79 Å². The standard InChI is InChI=1S/C47H71ClN8O6S3/c1-10-24-64-44(63)65-47(8,31-46(7,42(59)51-27-34(4)57)30-45(6,32-49)18-13-23-62-41(58)35(5)61-9)43(60)52-28-38-29-56(54-53-38)22-21-55(11-2)20-12-14-33(3)25-36-17-19-50-40-26-37(48)15-16-39(36)40/h15-17,19,26,29,33-35,57H,10-14,18,20-25,27-28,30-31H2,1-9H3,(H,51,59)(H,52,60). The van der Waals surface area contributed by atoms with Gasteiger partial charge in [-0.1, -0.05) is 74.6 Å². The minimum Gasteiger partial charge on any atom is -0.464 e. The molecule has 2 heterocycles. The van der Waals surface area contributed by atoms with Crippen LogP contribution in [0.15, 0.2) is 36.7 Å². The first kappa shape index (κ1) is 56.0. The third kappa shape index (κ3) is 18.7. The van der Waals surface area contributed by atoms with Crippen LogP contribution in [-0.4, -0.2) is 114 Å². The molecule has 6 unspecified atom stereocenters. The number of aliphatic hydroxyl groups is 1. The van der Waals surface area contributed by atoms with Crippen molar-refractivity contribution in [1.82, 2.24) is 35.5 Å². The second-order valence-corrected chi connectivity index (χ2v) is 22.1. The second kappa shape index (κ2) is 27.4. The van der Waals surface area contributed by atoms with E-state index in [9.17, 15) is 24.8 Å². The highest BCUT2D eigenvalue weighted by Gasteiger charge is 2.49. The van der Waals surface area contributed by atoms with Gasteiger partial charge in [0.05, 0.1) is 53.7 Å². The SMILES string of the molecule is CCCSC(=S)SC(C)(CC(C)(CC(C)(C#N)CCCOC(=O)C(C)OC)C(=O)NCC(C)O)C(=O)NCc1cn(CCN(CC)CCCC(C)Cc2ccnc3cc(Cl)ccc23)nn1. The molecule has 0 fully saturated rings. The number of ether oxygens (including phenoxy) is 2. The zero-order valence-electron chi connectivity index (χ0n) is 39.8. The first-order valence-corrected chi connectivity index (χ1v) is 25.2. The van der Waals surface area contributed by atoms with Crippen molar-refractivity contribution in [2.24, 2.45) is 16.7 Å². The molecule has 14 nitrogen and oxygen atoms in total. The van der Waals surface area contributed by atoms with Crippen LogP contribution < -0.4 is 10.6 Å². The van der Waals surface area contributed by atoms with Gasteiger partial charge in [0.25, 0.3) is 0 Å². The summed E-state index contributed by atoms with van der Waals surface area (Å²) < 4.78 is 11.5. The summed E-state index contributed by atoms with van der Waals surface area (Å²) in [6, 6.07) is 10.4. The summed E-state index contributed by atoms with van der Waals surface area (Å²) in [6.45, 7) is 18.5. The summed E-state index contributed by atoms with van der Waals surface area (Å²) >= 11 is 14.7. The number of aliphatic hydroxyl groups excluding tert-OH is 1. The van der Waals surface area contributed by atoms with Crippen LogP contribution >= 0.6 is 47.3 Å². The summed E-state index contributed by atoms with van der Waals surface area (Å²) in [6.07, 6.45) is 7.02. The summed E-state index contributed by atoms with van der Waals surface area (Å²) in [5, 5.41) is 37.0. The number of benzene rings is 1. The smallest absolute Gasteiger partial charge is 0.334 e. The van der Waals surface area contributed by atoms with Gasteiger partial charge in [0.15, 0.2) is 6.10 Å². The Morgan fingerprint density at radius 3 is 2.51 bits per heavy atom. The van der Waals surface area contributed by atoms with E-state index in [1.165, 1.54) is 36.2 Å². The number of methoxy groups -OCH3 is 1. The maximum atomic E-state index is 14.4. The number of likely N-dealkylation sites (N-methyl/N-ethyl adjacent to an activating group) is 1. The molecule has 0 saturated carbocycles. The maximum absolute atomic E-state index is 14.4. The number of aromatic nitrogens is 4. The molecule has 360 valence electrons. The zero-order chi connectivity index (χ0) is 48.2. The van der Waals surface area contributed by atoms with Crippen LogP contribution in [0.4, 0.5) is 0 Å². The Morgan fingerprint density at radius 1 is 1.08 bits per heavy atom. The van der Waals surface area contributed by atoms with Crippen LogP contribution in [-0.2, 0) is 43.4 Å².